The van der Waals surface area contributed by atoms with E-state index in [4.69, 9.17) is 21.1 Å². The Balaban J connectivity index is 1.45. The van der Waals surface area contributed by atoms with Crippen molar-refractivity contribution in [2.75, 3.05) is 6.61 Å². The highest BCUT2D eigenvalue weighted by molar-refractivity contribution is 6.30. The lowest BCUT2D eigenvalue weighted by molar-refractivity contribution is 0.0921. The lowest BCUT2D eigenvalue weighted by Crippen LogP contribution is -2.11. The summed E-state index contributed by atoms with van der Waals surface area (Å²) in [6.45, 7) is 6.34. The smallest absolute Gasteiger partial charge is 0.231 e. The molecule has 0 atom stereocenters. The van der Waals surface area contributed by atoms with Crippen molar-refractivity contribution in [3.8, 4) is 11.5 Å². The van der Waals surface area contributed by atoms with E-state index >= 15 is 0 Å². The minimum absolute atomic E-state index is 0.0624. The summed E-state index contributed by atoms with van der Waals surface area (Å²) in [4.78, 5) is 25.0. The fraction of sp³-hybridized carbons (Fsp3) is 0.185. The van der Waals surface area contributed by atoms with Gasteiger partial charge in [0.2, 0.25) is 5.78 Å². The molecule has 1 aliphatic heterocycles. The Labute approximate surface area is 192 Å². The summed E-state index contributed by atoms with van der Waals surface area (Å²) in [5.74, 6) is 0.790. The summed E-state index contributed by atoms with van der Waals surface area (Å²) < 4.78 is 11.4. The molecule has 32 heavy (non-hydrogen) atoms. The number of carbonyl (C=O) groups excluding carboxylic acids is 2. The van der Waals surface area contributed by atoms with Crippen molar-refractivity contribution in [3.63, 3.8) is 0 Å². The van der Waals surface area contributed by atoms with E-state index < -0.39 is 0 Å². The van der Waals surface area contributed by atoms with Gasteiger partial charge in [-0.3, -0.25) is 9.59 Å². The molecular formula is C27H23ClO4. The quantitative estimate of drug-likeness (QED) is 0.331. The Bertz CT molecular complexity index is 1200. The van der Waals surface area contributed by atoms with Crippen molar-refractivity contribution in [2.45, 2.75) is 26.2 Å². The van der Waals surface area contributed by atoms with Crippen LogP contribution < -0.4 is 9.47 Å². The first-order valence-corrected chi connectivity index (χ1v) is 10.7. The van der Waals surface area contributed by atoms with Crippen LogP contribution in [0.4, 0.5) is 0 Å². The van der Waals surface area contributed by atoms with E-state index in [1.807, 2.05) is 12.1 Å². The summed E-state index contributed by atoms with van der Waals surface area (Å²) in [6.07, 6.45) is 1.74. The second kappa shape index (κ2) is 8.64. The van der Waals surface area contributed by atoms with Gasteiger partial charge < -0.3 is 9.47 Å². The molecule has 162 valence electrons. The Hall–Kier alpha value is -3.37. The zero-order valence-electron chi connectivity index (χ0n) is 18.1. The number of allylic oxidation sites excluding steroid dienone is 1. The van der Waals surface area contributed by atoms with E-state index in [0.29, 0.717) is 27.6 Å². The van der Waals surface area contributed by atoms with E-state index in [-0.39, 0.29) is 29.3 Å². The number of halogens is 1. The van der Waals surface area contributed by atoms with Crippen LogP contribution in [0, 0.1) is 0 Å². The van der Waals surface area contributed by atoms with Gasteiger partial charge in [0, 0.05) is 16.7 Å². The minimum Gasteiger partial charge on any atom is -0.485 e. The average molecular weight is 447 g/mol. The number of benzene rings is 3. The molecule has 5 heteroatoms. The number of carbonyl (C=O) groups is 2. The topological polar surface area (TPSA) is 52.6 Å². The van der Waals surface area contributed by atoms with Crippen molar-refractivity contribution in [3.05, 3.63) is 99.8 Å². The second-order valence-electron chi connectivity index (χ2n) is 8.69. The average Bonchev–Trinajstić information content (AvgIpc) is 3.07. The molecular weight excluding hydrogens is 424 g/mol. The largest absolute Gasteiger partial charge is 0.485 e. The molecule has 1 heterocycles. The van der Waals surface area contributed by atoms with E-state index in [2.05, 4.69) is 32.9 Å². The highest BCUT2D eigenvalue weighted by atomic mass is 35.5. The minimum atomic E-state index is -0.177. The van der Waals surface area contributed by atoms with Gasteiger partial charge in [-0.15, -0.1) is 0 Å². The van der Waals surface area contributed by atoms with Gasteiger partial charge in [0.25, 0.3) is 0 Å². The van der Waals surface area contributed by atoms with E-state index in [1.54, 1.807) is 48.5 Å². The monoisotopic (exact) mass is 446 g/mol. The number of rotatable bonds is 5. The van der Waals surface area contributed by atoms with E-state index in [9.17, 15) is 9.59 Å². The third-order valence-corrected chi connectivity index (χ3v) is 5.50. The summed E-state index contributed by atoms with van der Waals surface area (Å²) in [5.41, 5.74) is 3.16. The number of fused-ring (bicyclic) bond motifs is 1. The molecule has 3 aromatic carbocycles. The van der Waals surface area contributed by atoms with E-state index in [0.717, 1.165) is 5.56 Å². The van der Waals surface area contributed by atoms with Crippen LogP contribution in [0.2, 0.25) is 5.02 Å². The number of ether oxygens (including phenoxy) is 2. The molecule has 0 bridgehead atoms. The second-order valence-corrected chi connectivity index (χ2v) is 9.12. The molecule has 0 N–H and O–H groups in total. The molecule has 0 saturated carbocycles. The zero-order chi connectivity index (χ0) is 22.9. The highest BCUT2D eigenvalue weighted by Crippen LogP contribution is 2.35. The van der Waals surface area contributed by atoms with Gasteiger partial charge in [0.15, 0.2) is 18.1 Å². The molecule has 0 spiro atoms. The van der Waals surface area contributed by atoms with Gasteiger partial charge >= 0.3 is 0 Å². The van der Waals surface area contributed by atoms with Crippen LogP contribution in [0.5, 0.6) is 11.5 Å². The van der Waals surface area contributed by atoms with Crippen LogP contribution in [0.3, 0.4) is 0 Å². The molecule has 0 aromatic heterocycles. The molecule has 0 amide bonds. The van der Waals surface area contributed by atoms with Gasteiger partial charge in [-0.1, -0.05) is 56.6 Å². The maximum atomic E-state index is 12.7. The SMILES string of the molecule is CC(C)(C)c1ccc(C=C2Oc3cc(OCC(=O)c4ccc(Cl)cc4)ccc3C2=O)cc1. The van der Waals surface area contributed by atoms with Crippen LogP contribution in [-0.4, -0.2) is 18.2 Å². The first-order valence-electron chi connectivity index (χ1n) is 10.3. The normalized spacial score (nSPS) is 14.2. The maximum Gasteiger partial charge on any atom is 0.231 e. The van der Waals surface area contributed by atoms with Crippen molar-refractivity contribution < 1.29 is 19.1 Å². The van der Waals surface area contributed by atoms with E-state index in [1.165, 1.54) is 5.56 Å². The van der Waals surface area contributed by atoms with Gasteiger partial charge in [0.1, 0.15) is 11.5 Å². The van der Waals surface area contributed by atoms with Gasteiger partial charge in [-0.05, 0) is 59.0 Å². The van der Waals surface area contributed by atoms with Crippen molar-refractivity contribution >= 4 is 29.2 Å². The Kier molecular flexibility index (Phi) is 5.90. The molecule has 1 aliphatic rings. The first-order chi connectivity index (χ1) is 15.2. The number of hydrogen-bond acceptors (Lipinski definition) is 4. The molecule has 3 aromatic rings. The summed E-state index contributed by atoms with van der Waals surface area (Å²) >= 11 is 5.85. The molecule has 0 unspecified atom stereocenters. The molecule has 0 radical (unpaired) electrons. The van der Waals surface area contributed by atoms with Crippen LogP contribution in [-0.2, 0) is 5.41 Å². The van der Waals surface area contributed by atoms with Gasteiger partial charge in [-0.25, -0.2) is 0 Å². The third kappa shape index (κ3) is 4.76. The Morgan fingerprint density at radius 1 is 1.00 bits per heavy atom. The van der Waals surface area contributed by atoms with Crippen LogP contribution in [0.15, 0.2) is 72.5 Å². The summed E-state index contributed by atoms with van der Waals surface area (Å²) in [6, 6.07) is 19.7. The third-order valence-electron chi connectivity index (χ3n) is 5.25. The van der Waals surface area contributed by atoms with Gasteiger partial charge in [-0.2, -0.15) is 0 Å². The number of hydrogen-bond donors (Lipinski definition) is 0. The molecule has 4 nitrogen and oxygen atoms in total. The van der Waals surface area contributed by atoms with Crippen LogP contribution in [0.1, 0.15) is 52.6 Å². The van der Waals surface area contributed by atoms with Crippen molar-refractivity contribution in [1.29, 1.82) is 0 Å². The maximum absolute atomic E-state index is 12.7. The fourth-order valence-corrected chi connectivity index (χ4v) is 3.48. The Morgan fingerprint density at radius 3 is 2.34 bits per heavy atom. The molecule has 4 rings (SSSR count). The molecule has 0 fully saturated rings. The number of Topliss-reactive ketones (excluding diaryl/α,β-unsaturated/α-hetero) is 2. The predicted octanol–water partition coefficient (Wildman–Crippen LogP) is 6.52. The number of ketones is 2. The lowest BCUT2D eigenvalue weighted by Gasteiger charge is -2.18. The first kappa shape index (κ1) is 21.8. The zero-order valence-corrected chi connectivity index (χ0v) is 18.9. The predicted molar refractivity (Wildman–Crippen MR) is 126 cm³/mol. The van der Waals surface area contributed by atoms with Crippen LogP contribution in [0.25, 0.3) is 6.08 Å². The lowest BCUT2D eigenvalue weighted by atomic mass is 9.86. The van der Waals surface area contributed by atoms with Crippen molar-refractivity contribution in [2.24, 2.45) is 0 Å². The summed E-state index contributed by atoms with van der Waals surface area (Å²) in [5, 5.41) is 0.567. The standard InChI is InChI=1S/C27H23ClO4/c1-27(2,3)19-8-4-17(5-9-19)14-25-26(30)22-13-12-21(15-24(22)32-25)31-16-23(29)18-6-10-20(28)11-7-18/h4-15H,16H2,1-3H3. The fourth-order valence-electron chi connectivity index (χ4n) is 3.36. The highest BCUT2D eigenvalue weighted by Gasteiger charge is 2.28. The van der Waals surface area contributed by atoms with Crippen molar-refractivity contribution in [1.82, 2.24) is 0 Å². The van der Waals surface area contributed by atoms with Crippen LogP contribution >= 0.6 is 11.6 Å². The molecule has 0 aliphatic carbocycles. The molecule has 0 saturated heterocycles. The van der Waals surface area contributed by atoms with Gasteiger partial charge in [0.05, 0.1) is 5.56 Å². The summed E-state index contributed by atoms with van der Waals surface area (Å²) in [7, 11) is 0. The Morgan fingerprint density at radius 2 is 1.69 bits per heavy atom.